The van der Waals surface area contributed by atoms with E-state index in [1.54, 1.807) is 6.92 Å². The van der Waals surface area contributed by atoms with Crippen LogP contribution in [0.1, 0.15) is 28.3 Å². The Hall–Kier alpha value is -3.14. The fourth-order valence-electron chi connectivity index (χ4n) is 2.69. The Morgan fingerprint density at radius 2 is 2.00 bits per heavy atom. The van der Waals surface area contributed by atoms with Gasteiger partial charge in [-0.2, -0.15) is 0 Å². The second-order valence-electron chi connectivity index (χ2n) is 6.69. The van der Waals surface area contributed by atoms with Crippen LogP contribution in [-0.2, 0) is 18.3 Å². The second kappa shape index (κ2) is 8.48. The van der Waals surface area contributed by atoms with Crippen LogP contribution >= 0.6 is 11.8 Å². The minimum atomic E-state index is -0.479. The number of thioether (sulfide) groups is 1. The summed E-state index contributed by atoms with van der Waals surface area (Å²) in [7, 11) is 1.40. The molecule has 10 heteroatoms. The van der Waals surface area contributed by atoms with Crippen molar-refractivity contribution >= 4 is 23.4 Å². The van der Waals surface area contributed by atoms with Crippen molar-refractivity contribution in [3.8, 4) is 0 Å². The van der Waals surface area contributed by atoms with Crippen LogP contribution < -0.4 is 16.6 Å². The summed E-state index contributed by atoms with van der Waals surface area (Å²) in [6.45, 7) is 5.53. The number of carbonyl (C=O) groups excluding carboxylic acids is 1. The van der Waals surface area contributed by atoms with E-state index in [4.69, 9.17) is 4.42 Å². The first-order valence-corrected chi connectivity index (χ1v) is 9.84. The third-order valence-corrected chi connectivity index (χ3v) is 5.20. The fourth-order valence-corrected chi connectivity index (χ4v) is 3.27. The molecule has 2 heterocycles. The number of hydrogen-bond acceptors (Lipinski definition) is 7. The maximum Gasteiger partial charge on any atom is 0.328 e. The van der Waals surface area contributed by atoms with Gasteiger partial charge in [0.2, 0.25) is 11.8 Å². The van der Waals surface area contributed by atoms with Crippen molar-refractivity contribution < 1.29 is 9.21 Å². The number of carbonyl (C=O) groups is 1. The van der Waals surface area contributed by atoms with E-state index in [1.807, 2.05) is 32.0 Å². The molecule has 0 fully saturated rings. The molecule has 0 unspecified atom stereocenters. The lowest BCUT2D eigenvalue weighted by Crippen LogP contribution is -2.36. The third kappa shape index (κ3) is 4.83. The smallest absolute Gasteiger partial charge is 0.328 e. The van der Waals surface area contributed by atoms with Crippen molar-refractivity contribution in [2.75, 3.05) is 11.1 Å². The van der Waals surface area contributed by atoms with E-state index in [-0.39, 0.29) is 29.2 Å². The summed E-state index contributed by atoms with van der Waals surface area (Å²) in [6.07, 6.45) is 0.0948. The number of benzene rings is 1. The number of hydrogen-bond donors (Lipinski definition) is 2. The number of nitrogens with zero attached hydrogens (tertiary/aromatic N) is 3. The topological polar surface area (TPSA) is 123 Å². The Balaban J connectivity index is 1.63. The quantitative estimate of drug-likeness (QED) is 0.588. The standard InChI is InChI=1S/C19H21N5O4S/c1-10-5-6-11(2)14(7-10)21-15(25)9-29-19-23-22-16(28-19)8-13-12(3)20-18(27)24(4)17(13)26/h5-7H,8-9H2,1-4H3,(H,20,27)(H,21,25). The Kier molecular flexibility index (Phi) is 6.02. The van der Waals surface area contributed by atoms with Crippen molar-refractivity contribution in [2.45, 2.75) is 32.4 Å². The van der Waals surface area contributed by atoms with Crippen molar-refractivity contribution in [3.05, 3.63) is 67.3 Å². The molecule has 3 rings (SSSR count). The zero-order valence-electron chi connectivity index (χ0n) is 16.5. The summed E-state index contributed by atoms with van der Waals surface area (Å²) in [4.78, 5) is 38.7. The number of rotatable bonds is 6. The predicted molar refractivity (Wildman–Crippen MR) is 109 cm³/mol. The monoisotopic (exact) mass is 415 g/mol. The molecule has 0 aliphatic rings. The molecule has 0 atom stereocenters. The lowest BCUT2D eigenvalue weighted by Gasteiger charge is -2.08. The van der Waals surface area contributed by atoms with Gasteiger partial charge in [0.25, 0.3) is 10.8 Å². The molecule has 0 saturated carbocycles. The number of aromatic amines is 1. The summed E-state index contributed by atoms with van der Waals surface area (Å²) in [5.74, 6) is 0.151. The summed E-state index contributed by atoms with van der Waals surface area (Å²) >= 11 is 1.11. The molecule has 2 N–H and O–H groups in total. The van der Waals surface area contributed by atoms with Gasteiger partial charge in [-0.3, -0.25) is 14.2 Å². The predicted octanol–water partition coefficient (Wildman–Crippen LogP) is 1.70. The number of H-pyrrole nitrogens is 1. The highest BCUT2D eigenvalue weighted by Crippen LogP contribution is 2.20. The maximum atomic E-state index is 12.3. The van der Waals surface area contributed by atoms with Gasteiger partial charge < -0.3 is 14.7 Å². The summed E-state index contributed by atoms with van der Waals surface area (Å²) in [6, 6.07) is 5.85. The van der Waals surface area contributed by atoms with Crippen molar-refractivity contribution in [3.63, 3.8) is 0 Å². The molecule has 152 valence electrons. The van der Waals surface area contributed by atoms with Crippen LogP contribution in [-0.4, -0.2) is 31.4 Å². The average Bonchev–Trinajstić information content (AvgIpc) is 3.12. The Labute approximate surface area is 170 Å². The van der Waals surface area contributed by atoms with E-state index < -0.39 is 11.2 Å². The maximum absolute atomic E-state index is 12.3. The minimum Gasteiger partial charge on any atom is -0.416 e. The lowest BCUT2D eigenvalue weighted by molar-refractivity contribution is -0.113. The van der Waals surface area contributed by atoms with E-state index in [0.29, 0.717) is 11.3 Å². The Morgan fingerprint density at radius 3 is 2.76 bits per heavy atom. The van der Waals surface area contributed by atoms with Crippen molar-refractivity contribution in [2.24, 2.45) is 7.05 Å². The fraction of sp³-hybridized carbons (Fsp3) is 0.316. The van der Waals surface area contributed by atoms with E-state index in [0.717, 1.165) is 33.1 Å². The molecule has 3 aromatic rings. The van der Waals surface area contributed by atoms with Crippen LogP contribution in [0.3, 0.4) is 0 Å². The molecule has 0 spiro atoms. The van der Waals surface area contributed by atoms with Gasteiger partial charge >= 0.3 is 5.69 Å². The van der Waals surface area contributed by atoms with Crippen LogP contribution in [0, 0.1) is 20.8 Å². The number of nitrogens with one attached hydrogen (secondary N) is 2. The second-order valence-corrected chi connectivity index (χ2v) is 7.62. The SMILES string of the molecule is Cc1ccc(C)c(NC(=O)CSc2nnc(Cc3c(C)[nH]c(=O)n(C)c3=O)o2)c1. The molecule has 0 aliphatic carbocycles. The van der Waals surface area contributed by atoms with E-state index in [1.165, 1.54) is 7.05 Å². The van der Waals surface area contributed by atoms with Gasteiger partial charge in [0, 0.05) is 24.0 Å². The first-order chi connectivity index (χ1) is 13.7. The van der Waals surface area contributed by atoms with Crippen molar-refractivity contribution in [1.29, 1.82) is 0 Å². The molecule has 1 amide bonds. The molecule has 0 saturated heterocycles. The molecule has 9 nitrogen and oxygen atoms in total. The molecule has 2 aromatic heterocycles. The zero-order chi connectivity index (χ0) is 21.1. The molecule has 29 heavy (non-hydrogen) atoms. The van der Waals surface area contributed by atoms with Crippen LogP contribution in [0.4, 0.5) is 5.69 Å². The van der Waals surface area contributed by atoms with Gasteiger partial charge in [0.05, 0.1) is 12.2 Å². The highest BCUT2D eigenvalue weighted by Gasteiger charge is 2.15. The van der Waals surface area contributed by atoms with Crippen molar-refractivity contribution in [1.82, 2.24) is 19.7 Å². The minimum absolute atomic E-state index is 0.0948. The summed E-state index contributed by atoms with van der Waals surface area (Å²) < 4.78 is 6.52. The molecule has 1 aromatic carbocycles. The van der Waals surface area contributed by atoms with Crippen LogP contribution in [0.5, 0.6) is 0 Å². The Morgan fingerprint density at radius 1 is 1.24 bits per heavy atom. The first-order valence-electron chi connectivity index (χ1n) is 8.85. The van der Waals surface area contributed by atoms with Crippen LogP contribution in [0.2, 0.25) is 0 Å². The Bertz CT molecular complexity index is 1180. The van der Waals surface area contributed by atoms with Crippen LogP contribution in [0.15, 0.2) is 37.4 Å². The van der Waals surface area contributed by atoms with E-state index in [2.05, 4.69) is 20.5 Å². The normalized spacial score (nSPS) is 10.9. The summed E-state index contributed by atoms with van der Waals surface area (Å²) in [5, 5.41) is 10.9. The molecule has 0 bridgehead atoms. The number of anilines is 1. The lowest BCUT2D eigenvalue weighted by atomic mass is 10.1. The van der Waals surface area contributed by atoms with Gasteiger partial charge in [-0.1, -0.05) is 23.9 Å². The van der Waals surface area contributed by atoms with E-state index in [9.17, 15) is 14.4 Å². The molecule has 0 aliphatic heterocycles. The van der Waals surface area contributed by atoms with E-state index >= 15 is 0 Å². The number of aryl methyl sites for hydroxylation is 3. The van der Waals surface area contributed by atoms with Gasteiger partial charge in [0.1, 0.15) is 0 Å². The van der Waals surface area contributed by atoms with Gasteiger partial charge in [0.15, 0.2) is 0 Å². The first kappa shape index (κ1) is 20.6. The van der Waals surface area contributed by atoms with Crippen LogP contribution in [0.25, 0.3) is 0 Å². The third-order valence-electron chi connectivity index (χ3n) is 4.38. The highest BCUT2D eigenvalue weighted by molar-refractivity contribution is 7.99. The summed E-state index contributed by atoms with van der Waals surface area (Å²) in [5.41, 5.74) is 2.75. The van der Waals surface area contributed by atoms with Gasteiger partial charge in [-0.05, 0) is 38.0 Å². The molecule has 0 radical (unpaired) electrons. The average molecular weight is 415 g/mol. The molecular formula is C19H21N5O4S. The molecular weight excluding hydrogens is 394 g/mol. The largest absolute Gasteiger partial charge is 0.416 e. The highest BCUT2D eigenvalue weighted by atomic mass is 32.2. The number of amides is 1. The number of aromatic nitrogens is 4. The van der Waals surface area contributed by atoms with Gasteiger partial charge in [-0.25, -0.2) is 4.79 Å². The van der Waals surface area contributed by atoms with Gasteiger partial charge in [-0.15, -0.1) is 10.2 Å². The zero-order valence-corrected chi connectivity index (χ0v) is 17.3.